The van der Waals surface area contributed by atoms with E-state index in [1.165, 1.54) is 0 Å². The van der Waals surface area contributed by atoms with Crippen LogP contribution in [0.2, 0.25) is 0 Å². The lowest BCUT2D eigenvalue weighted by Crippen LogP contribution is -3.11. The lowest BCUT2D eigenvalue weighted by molar-refractivity contribution is -0.862. The van der Waals surface area contributed by atoms with Crippen molar-refractivity contribution in [2.45, 2.75) is 20.8 Å². The number of amides is 2. The van der Waals surface area contributed by atoms with Crippen LogP contribution < -0.4 is 25.0 Å². The highest BCUT2D eigenvalue weighted by atomic mass is 16.5. The number of benzene rings is 2. The molecular formula is C22H30N3O4+. The summed E-state index contributed by atoms with van der Waals surface area (Å²) in [6, 6.07) is 12.9. The van der Waals surface area contributed by atoms with E-state index in [0.29, 0.717) is 30.4 Å². The fraction of sp³-hybridized carbons (Fsp3) is 0.364. The van der Waals surface area contributed by atoms with E-state index >= 15 is 0 Å². The first-order chi connectivity index (χ1) is 13.9. The second-order valence-electron chi connectivity index (χ2n) is 6.80. The number of nitrogens with one attached hydrogen (secondary N) is 3. The molecule has 7 nitrogen and oxygen atoms in total. The van der Waals surface area contributed by atoms with Crippen molar-refractivity contribution < 1.29 is 24.0 Å². The van der Waals surface area contributed by atoms with E-state index in [1.54, 1.807) is 25.2 Å². The van der Waals surface area contributed by atoms with E-state index in [0.717, 1.165) is 16.2 Å². The van der Waals surface area contributed by atoms with Gasteiger partial charge in [-0.1, -0.05) is 17.7 Å². The summed E-state index contributed by atoms with van der Waals surface area (Å²) in [6.45, 7) is 7.17. The third-order valence-corrected chi connectivity index (χ3v) is 4.09. The van der Waals surface area contributed by atoms with Crippen LogP contribution in [0.25, 0.3) is 0 Å². The van der Waals surface area contributed by atoms with Gasteiger partial charge in [0.15, 0.2) is 24.6 Å². The van der Waals surface area contributed by atoms with Crippen LogP contribution in [-0.2, 0) is 9.59 Å². The molecule has 0 aliphatic carbocycles. The monoisotopic (exact) mass is 400 g/mol. The molecule has 1 atom stereocenters. The lowest BCUT2D eigenvalue weighted by atomic mass is 10.2. The van der Waals surface area contributed by atoms with Gasteiger partial charge in [0.2, 0.25) is 0 Å². The topological polar surface area (TPSA) is 81.1 Å². The van der Waals surface area contributed by atoms with E-state index in [4.69, 9.17) is 9.47 Å². The average molecular weight is 400 g/mol. The Morgan fingerprint density at radius 1 is 0.828 bits per heavy atom. The van der Waals surface area contributed by atoms with Gasteiger partial charge in [-0.25, -0.2) is 0 Å². The number of anilines is 2. The molecule has 0 spiro atoms. The molecule has 0 heterocycles. The minimum absolute atomic E-state index is 0.140. The summed E-state index contributed by atoms with van der Waals surface area (Å²) in [5, 5.41) is 5.68. The van der Waals surface area contributed by atoms with Crippen LogP contribution in [0.3, 0.4) is 0 Å². The molecule has 2 rings (SSSR count). The number of hydrogen-bond donors (Lipinski definition) is 3. The quantitative estimate of drug-likeness (QED) is 0.569. The molecule has 0 bridgehead atoms. The first-order valence-corrected chi connectivity index (χ1v) is 9.78. The first-order valence-electron chi connectivity index (χ1n) is 9.78. The molecule has 1 unspecified atom stereocenters. The predicted molar refractivity (Wildman–Crippen MR) is 114 cm³/mol. The minimum atomic E-state index is -0.183. The fourth-order valence-corrected chi connectivity index (χ4v) is 2.79. The van der Waals surface area contributed by atoms with Gasteiger partial charge >= 0.3 is 0 Å². The van der Waals surface area contributed by atoms with Crippen molar-refractivity contribution in [1.82, 2.24) is 0 Å². The summed E-state index contributed by atoms with van der Waals surface area (Å²) in [5.74, 6) is 0.907. The Labute approximate surface area is 172 Å². The van der Waals surface area contributed by atoms with Gasteiger partial charge in [-0.2, -0.15) is 0 Å². The summed E-state index contributed by atoms with van der Waals surface area (Å²) >= 11 is 0. The van der Waals surface area contributed by atoms with Gasteiger partial charge in [-0.15, -0.1) is 0 Å². The maximum Gasteiger partial charge on any atom is 0.279 e. The molecule has 2 aromatic carbocycles. The molecule has 2 amide bonds. The number of aryl methyl sites for hydroxylation is 1. The number of carbonyl (C=O) groups is 2. The highest BCUT2D eigenvalue weighted by molar-refractivity contribution is 5.93. The van der Waals surface area contributed by atoms with E-state index in [1.807, 2.05) is 45.0 Å². The highest BCUT2D eigenvalue weighted by Gasteiger charge is 2.15. The van der Waals surface area contributed by atoms with Crippen molar-refractivity contribution in [2.24, 2.45) is 0 Å². The normalized spacial score (nSPS) is 11.4. The summed E-state index contributed by atoms with van der Waals surface area (Å²) < 4.78 is 11.1. The van der Waals surface area contributed by atoms with E-state index in [2.05, 4.69) is 10.6 Å². The van der Waals surface area contributed by atoms with Crippen LogP contribution >= 0.6 is 0 Å². The zero-order valence-electron chi connectivity index (χ0n) is 17.5. The van der Waals surface area contributed by atoms with Gasteiger partial charge in [0.05, 0.1) is 20.3 Å². The lowest BCUT2D eigenvalue weighted by Gasteiger charge is -2.15. The van der Waals surface area contributed by atoms with Crippen LogP contribution in [0.1, 0.15) is 19.4 Å². The van der Waals surface area contributed by atoms with Gasteiger partial charge in [-0.05, 0) is 45.0 Å². The predicted octanol–water partition coefficient (Wildman–Crippen LogP) is 1.88. The molecule has 0 aliphatic heterocycles. The molecule has 0 saturated carbocycles. The summed E-state index contributed by atoms with van der Waals surface area (Å²) in [4.78, 5) is 25.3. The third kappa shape index (κ3) is 7.46. The molecule has 156 valence electrons. The largest absolute Gasteiger partial charge is 0.490 e. The minimum Gasteiger partial charge on any atom is -0.490 e. The van der Waals surface area contributed by atoms with Gasteiger partial charge in [0.25, 0.3) is 11.8 Å². The maximum atomic E-state index is 12.3. The number of quaternary nitrogens is 1. The molecule has 0 aliphatic rings. The molecule has 0 saturated heterocycles. The van der Waals surface area contributed by atoms with Crippen LogP contribution in [-0.4, -0.2) is 45.2 Å². The SMILES string of the molecule is CCOc1ccc(NC(=O)C[NH+](C)CC(=O)Nc2ccc(C)cc2)cc1OCC. The molecule has 0 aromatic heterocycles. The number of carbonyl (C=O) groups excluding carboxylic acids is 2. The van der Waals surface area contributed by atoms with Crippen molar-refractivity contribution in [2.75, 3.05) is 44.0 Å². The summed E-state index contributed by atoms with van der Waals surface area (Å²) in [5.41, 5.74) is 2.50. The summed E-state index contributed by atoms with van der Waals surface area (Å²) in [6.07, 6.45) is 0. The molecule has 3 N–H and O–H groups in total. The van der Waals surface area contributed by atoms with Gasteiger partial charge in [-0.3, -0.25) is 9.59 Å². The highest BCUT2D eigenvalue weighted by Crippen LogP contribution is 2.30. The number of ether oxygens (including phenoxy) is 2. The van der Waals surface area contributed by atoms with Gasteiger partial charge in [0, 0.05) is 17.4 Å². The van der Waals surface area contributed by atoms with Crippen LogP contribution in [0, 0.1) is 6.92 Å². The molecule has 29 heavy (non-hydrogen) atoms. The van der Waals surface area contributed by atoms with Crippen LogP contribution in [0.5, 0.6) is 11.5 Å². The molecule has 0 radical (unpaired) electrons. The Hall–Kier alpha value is -3.06. The average Bonchev–Trinajstić information content (AvgIpc) is 2.65. The van der Waals surface area contributed by atoms with E-state index in [-0.39, 0.29) is 24.9 Å². The zero-order chi connectivity index (χ0) is 21.2. The van der Waals surface area contributed by atoms with Crippen molar-refractivity contribution in [3.63, 3.8) is 0 Å². The van der Waals surface area contributed by atoms with Gasteiger partial charge in [0.1, 0.15) is 0 Å². The zero-order valence-corrected chi connectivity index (χ0v) is 17.5. The Kier molecular flexibility index (Phi) is 8.48. The molecule has 0 fully saturated rings. The van der Waals surface area contributed by atoms with Crippen LogP contribution in [0.4, 0.5) is 11.4 Å². The van der Waals surface area contributed by atoms with Crippen LogP contribution in [0.15, 0.2) is 42.5 Å². The Balaban J connectivity index is 1.86. The fourth-order valence-electron chi connectivity index (χ4n) is 2.79. The Bertz CT molecular complexity index is 821. The summed E-state index contributed by atoms with van der Waals surface area (Å²) in [7, 11) is 1.80. The standard InChI is InChI=1S/C22H29N3O4/c1-5-28-19-12-11-18(13-20(19)29-6-2)24-22(27)15-25(4)14-21(26)23-17-9-7-16(3)8-10-17/h7-13H,5-6,14-15H2,1-4H3,(H,23,26)(H,24,27)/p+1. The molecule has 7 heteroatoms. The number of rotatable bonds is 10. The number of likely N-dealkylation sites (N-methyl/N-ethyl adjacent to an activating group) is 1. The van der Waals surface area contributed by atoms with Crippen molar-refractivity contribution in [1.29, 1.82) is 0 Å². The Morgan fingerprint density at radius 2 is 1.34 bits per heavy atom. The van der Waals surface area contributed by atoms with Crippen molar-refractivity contribution in [3.05, 3.63) is 48.0 Å². The van der Waals surface area contributed by atoms with Gasteiger partial charge < -0.3 is 25.0 Å². The van der Waals surface area contributed by atoms with Crippen molar-refractivity contribution in [3.8, 4) is 11.5 Å². The molecule has 2 aromatic rings. The van der Waals surface area contributed by atoms with Crippen molar-refractivity contribution >= 4 is 23.2 Å². The maximum absolute atomic E-state index is 12.3. The first kappa shape index (κ1) is 22.2. The third-order valence-electron chi connectivity index (χ3n) is 4.09. The number of hydrogen-bond acceptors (Lipinski definition) is 4. The van der Waals surface area contributed by atoms with E-state index < -0.39 is 0 Å². The second-order valence-corrected chi connectivity index (χ2v) is 6.80. The second kappa shape index (κ2) is 11.1. The van der Waals surface area contributed by atoms with E-state index in [9.17, 15) is 9.59 Å². The Morgan fingerprint density at radius 3 is 1.93 bits per heavy atom. The molecular weight excluding hydrogens is 370 g/mol. The smallest absolute Gasteiger partial charge is 0.279 e.